The van der Waals surface area contributed by atoms with Crippen LogP contribution < -0.4 is 5.73 Å². The smallest absolute Gasteiger partial charge is 0.317 e. The summed E-state index contributed by atoms with van der Waals surface area (Å²) in [7, 11) is 1.57. The Morgan fingerprint density at radius 3 is 2.44 bits per heavy atom. The van der Waals surface area contributed by atoms with Crippen molar-refractivity contribution in [2.75, 3.05) is 46.4 Å². The van der Waals surface area contributed by atoms with Gasteiger partial charge in [-0.1, -0.05) is 0 Å². The summed E-state index contributed by atoms with van der Waals surface area (Å²) in [5.74, 6) is -0.923. The number of carbonyl (C=O) groups excluding carboxylic acids is 1. The van der Waals surface area contributed by atoms with Crippen LogP contribution in [0, 0.1) is 0 Å². The van der Waals surface area contributed by atoms with E-state index in [0.29, 0.717) is 39.2 Å². The van der Waals surface area contributed by atoms with Gasteiger partial charge in [-0.25, -0.2) is 0 Å². The Morgan fingerprint density at radius 2 is 1.94 bits per heavy atom. The molecule has 104 valence electrons. The van der Waals surface area contributed by atoms with Gasteiger partial charge in [-0.2, -0.15) is 0 Å². The molecule has 1 atom stereocenters. The van der Waals surface area contributed by atoms with Crippen LogP contribution in [0.4, 0.5) is 0 Å². The lowest BCUT2D eigenvalue weighted by Crippen LogP contribution is -2.54. The molecule has 1 rings (SSSR count). The second-order valence-corrected chi connectivity index (χ2v) is 4.38. The molecular weight excluding hydrogens is 238 g/mol. The van der Waals surface area contributed by atoms with Crippen molar-refractivity contribution < 1.29 is 19.4 Å². The minimum absolute atomic E-state index is 0.0256. The van der Waals surface area contributed by atoms with Crippen LogP contribution >= 0.6 is 0 Å². The molecular formula is C11H21N3O4. The normalized spacial score (nSPS) is 18.7. The maximum absolute atomic E-state index is 11.9. The average Bonchev–Trinajstić information content (AvgIpc) is 2.35. The number of nitrogens with two attached hydrogens (primary N) is 1. The summed E-state index contributed by atoms with van der Waals surface area (Å²) in [4.78, 5) is 26.0. The van der Waals surface area contributed by atoms with Crippen molar-refractivity contribution in [1.82, 2.24) is 9.80 Å². The molecule has 0 aromatic carbocycles. The third-order valence-electron chi connectivity index (χ3n) is 2.99. The molecule has 0 spiro atoms. The van der Waals surface area contributed by atoms with Crippen LogP contribution in [-0.2, 0) is 14.3 Å². The van der Waals surface area contributed by atoms with Crippen molar-refractivity contribution >= 4 is 11.9 Å². The lowest BCUT2D eigenvalue weighted by molar-refractivity contribution is -0.139. The van der Waals surface area contributed by atoms with E-state index in [9.17, 15) is 9.59 Å². The molecule has 0 radical (unpaired) electrons. The molecule has 0 saturated carbocycles. The SMILES string of the molecule is COCCC(N)C(=O)N1CCN(CC(=O)O)CC1. The first-order chi connectivity index (χ1) is 8.54. The van der Waals surface area contributed by atoms with Gasteiger partial charge < -0.3 is 20.5 Å². The number of carboxylic acids is 1. The molecule has 1 fully saturated rings. The van der Waals surface area contributed by atoms with Gasteiger partial charge >= 0.3 is 5.97 Å². The Bertz CT molecular complexity index is 290. The van der Waals surface area contributed by atoms with Gasteiger partial charge in [0.2, 0.25) is 5.91 Å². The number of carbonyl (C=O) groups is 2. The van der Waals surface area contributed by atoms with Gasteiger partial charge in [0.25, 0.3) is 0 Å². The number of hydrogen-bond acceptors (Lipinski definition) is 5. The first kappa shape index (κ1) is 14.9. The van der Waals surface area contributed by atoms with Crippen molar-refractivity contribution in [3.05, 3.63) is 0 Å². The van der Waals surface area contributed by atoms with Crippen molar-refractivity contribution in [3.8, 4) is 0 Å². The minimum Gasteiger partial charge on any atom is -0.480 e. The largest absolute Gasteiger partial charge is 0.480 e. The van der Waals surface area contributed by atoms with E-state index in [-0.39, 0.29) is 12.5 Å². The van der Waals surface area contributed by atoms with Gasteiger partial charge in [0, 0.05) is 39.9 Å². The fraction of sp³-hybridized carbons (Fsp3) is 0.818. The summed E-state index contributed by atoms with van der Waals surface area (Å²) in [6, 6.07) is -0.532. The monoisotopic (exact) mass is 259 g/mol. The molecule has 0 aromatic heterocycles. The minimum atomic E-state index is -0.841. The van der Waals surface area contributed by atoms with Crippen molar-refractivity contribution in [3.63, 3.8) is 0 Å². The standard InChI is InChI=1S/C11H21N3O4/c1-18-7-2-9(12)11(17)14-5-3-13(4-6-14)8-10(15)16/h9H,2-8,12H2,1H3,(H,15,16). The molecule has 1 aliphatic heterocycles. The Hall–Kier alpha value is -1.18. The molecule has 7 nitrogen and oxygen atoms in total. The highest BCUT2D eigenvalue weighted by Gasteiger charge is 2.25. The molecule has 1 amide bonds. The molecule has 1 unspecified atom stereocenters. The molecule has 0 aromatic rings. The Balaban J connectivity index is 2.33. The summed E-state index contributed by atoms with van der Waals surface area (Å²) in [6.07, 6.45) is 0.505. The zero-order valence-electron chi connectivity index (χ0n) is 10.7. The number of methoxy groups -OCH3 is 1. The molecule has 0 aliphatic carbocycles. The number of piperazine rings is 1. The fourth-order valence-electron chi connectivity index (χ4n) is 1.92. The van der Waals surface area contributed by atoms with E-state index in [4.69, 9.17) is 15.6 Å². The highest BCUT2D eigenvalue weighted by atomic mass is 16.5. The molecule has 0 bridgehead atoms. The van der Waals surface area contributed by atoms with Crippen molar-refractivity contribution in [1.29, 1.82) is 0 Å². The zero-order chi connectivity index (χ0) is 13.5. The van der Waals surface area contributed by atoms with Gasteiger partial charge in [0.1, 0.15) is 0 Å². The van der Waals surface area contributed by atoms with Crippen LogP contribution in [0.25, 0.3) is 0 Å². The summed E-state index contributed by atoms with van der Waals surface area (Å²) >= 11 is 0. The van der Waals surface area contributed by atoms with E-state index in [2.05, 4.69) is 0 Å². The maximum Gasteiger partial charge on any atom is 0.317 e. The number of rotatable bonds is 6. The molecule has 1 aliphatic rings. The summed E-state index contributed by atoms with van der Waals surface area (Å²) in [6.45, 7) is 2.72. The van der Waals surface area contributed by atoms with Gasteiger partial charge in [0.05, 0.1) is 12.6 Å². The van der Waals surface area contributed by atoms with E-state index >= 15 is 0 Å². The average molecular weight is 259 g/mol. The van der Waals surface area contributed by atoms with Gasteiger partial charge in [0.15, 0.2) is 0 Å². The predicted molar refractivity (Wildman–Crippen MR) is 65.1 cm³/mol. The second-order valence-electron chi connectivity index (χ2n) is 4.38. The van der Waals surface area contributed by atoms with Crippen LogP contribution in [0.3, 0.4) is 0 Å². The van der Waals surface area contributed by atoms with E-state index in [1.54, 1.807) is 12.0 Å². The maximum atomic E-state index is 11.9. The number of hydrogen-bond donors (Lipinski definition) is 2. The zero-order valence-corrected chi connectivity index (χ0v) is 10.7. The van der Waals surface area contributed by atoms with E-state index in [0.717, 1.165) is 0 Å². The number of nitrogens with zero attached hydrogens (tertiary/aromatic N) is 2. The first-order valence-corrected chi connectivity index (χ1v) is 6.02. The number of carboxylic acid groups (broad SMARTS) is 1. The molecule has 3 N–H and O–H groups in total. The second kappa shape index (κ2) is 7.30. The van der Waals surface area contributed by atoms with Gasteiger partial charge in [-0.15, -0.1) is 0 Å². The van der Waals surface area contributed by atoms with Crippen LogP contribution in [0.1, 0.15) is 6.42 Å². The van der Waals surface area contributed by atoms with Crippen molar-refractivity contribution in [2.24, 2.45) is 5.73 Å². The summed E-state index contributed by atoms with van der Waals surface area (Å²) in [5, 5.41) is 8.67. The molecule has 18 heavy (non-hydrogen) atoms. The first-order valence-electron chi connectivity index (χ1n) is 6.02. The fourth-order valence-corrected chi connectivity index (χ4v) is 1.92. The van der Waals surface area contributed by atoms with E-state index in [1.165, 1.54) is 0 Å². The quantitative estimate of drug-likeness (QED) is 0.607. The highest BCUT2D eigenvalue weighted by molar-refractivity contribution is 5.81. The summed E-state index contributed by atoms with van der Waals surface area (Å²) in [5.41, 5.74) is 5.77. The lowest BCUT2D eigenvalue weighted by Gasteiger charge is -2.35. The molecule has 1 heterocycles. The molecule has 1 saturated heterocycles. The van der Waals surface area contributed by atoms with E-state index in [1.807, 2.05) is 4.90 Å². The Labute approximate surface area is 106 Å². The van der Waals surface area contributed by atoms with Crippen LogP contribution in [0.15, 0.2) is 0 Å². The topological polar surface area (TPSA) is 96.1 Å². The Morgan fingerprint density at radius 1 is 1.33 bits per heavy atom. The third-order valence-corrected chi connectivity index (χ3v) is 2.99. The van der Waals surface area contributed by atoms with Crippen molar-refractivity contribution in [2.45, 2.75) is 12.5 Å². The van der Waals surface area contributed by atoms with Crippen LogP contribution in [0.5, 0.6) is 0 Å². The van der Waals surface area contributed by atoms with Gasteiger partial charge in [-0.05, 0) is 6.42 Å². The van der Waals surface area contributed by atoms with Gasteiger partial charge in [-0.3, -0.25) is 14.5 Å². The highest BCUT2D eigenvalue weighted by Crippen LogP contribution is 2.04. The number of aliphatic carboxylic acids is 1. The summed E-state index contributed by atoms with van der Waals surface area (Å²) < 4.78 is 4.89. The Kier molecular flexibility index (Phi) is 6.03. The number of amides is 1. The number of ether oxygens (including phenoxy) is 1. The predicted octanol–water partition coefficient (Wildman–Crippen LogP) is -1.42. The van der Waals surface area contributed by atoms with Crippen LogP contribution in [-0.4, -0.2) is 79.3 Å². The third kappa shape index (κ3) is 4.59. The van der Waals surface area contributed by atoms with E-state index < -0.39 is 12.0 Å². The molecule has 7 heteroatoms. The van der Waals surface area contributed by atoms with Crippen LogP contribution in [0.2, 0.25) is 0 Å². The lowest BCUT2D eigenvalue weighted by atomic mass is 10.2.